The first-order chi connectivity index (χ1) is 27.7. The molecule has 2 heteroatoms. The summed E-state index contributed by atoms with van der Waals surface area (Å²) in [6.45, 7) is -20.7. The van der Waals surface area contributed by atoms with Crippen molar-refractivity contribution in [1.82, 2.24) is 0 Å². The molecule has 3 aromatic carbocycles. The largest absolute Gasteiger partial charge is 0.454 e. The van der Waals surface area contributed by atoms with Crippen LogP contribution in [-0.2, 0) is 12.5 Å². The zero-order valence-electron chi connectivity index (χ0n) is 44.6. The molecule has 2 nitrogen and oxygen atoms in total. The number of benzene rings is 3. The van der Waals surface area contributed by atoms with Gasteiger partial charge in [0.05, 0.1) is 5.56 Å². The first kappa shape index (κ1) is 9.66. The van der Waals surface area contributed by atoms with Crippen LogP contribution in [0.25, 0.3) is 44.3 Å². The summed E-state index contributed by atoms with van der Waals surface area (Å²) in [6, 6.07) is 11.6. The summed E-state index contributed by atoms with van der Waals surface area (Å²) < 4.78 is 214. The standard InChI is InChI=1S/C36H40NO/c1-21(2)18-36(19-22(3)4)29-12-10-9-11-28(29)33-30(36)16-15-27-26-14-13-23(5)32(34(26)38-35(27)33)31-17-24(6)25(7)20-37(31)8/h9-17,20-22H,18-19H2,1-8H3/q+1/i1D3,2D3,3D3,4D3,6D3,7D3,18D2,19D2,21D,22D. The topological polar surface area (TPSA) is 17.0 Å². The van der Waals surface area contributed by atoms with Crippen LogP contribution in [0.2, 0.25) is 0 Å². The van der Waals surface area contributed by atoms with Gasteiger partial charge in [-0.15, -0.1) is 0 Å². The second kappa shape index (κ2) is 8.83. The van der Waals surface area contributed by atoms with E-state index in [-0.39, 0.29) is 38.9 Å². The van der Waals surface area contributed by atoms with Crippen molar-refractivity contribution < 1.29 is 41.9 Å². The van der Waals surface area contributed by atoms with Gasteiger partial charge >= 0.3 is 0 Å². The van der Waals surface area contributed by atoms with Crippen LogP contribution < -0.4 is 4.57 Å². The Morgan fingerprint density at radius 3 is 2.24 bits per heavy atom. The summed E-state index contributed by atoms with van der Waals surface area (Å²) in [5.74, 6) is -8.72. The summed E-state index contributed by atoms with van der Waals surface area (Å²) >= 11 is 0. The number of hydrogen-bond donors (Lipinski definition) is 0. The highest BCUT2D eigenvalue weighted by molar-refractivity contribution is 6.14. The number of nitrogens with zero attached hydrogens (tertiary/aromatic N) is 1. The number of aryl methyl sites for hydroxylation is 4. The normalized spacial score (nSPS) is 26.8. The van der Waals surface area contributed by atoms with Gasteiger partial charge in [-0.25, -0.2) is 4.57 Å². The van der Waals surface area contributed by atoms with Gasteiger partial charge < -0.3 is 4.42 Å². The van der Waals surface area contributed by atoms with Gasteiger partial charge in [0.15, 0.2) is 6.20 Å². The molecule has 0 aliphatic heterocycles. The maximum atomic E-state index is 9.74. The van der Waals surface area contributed by atoms with Gasteiger partial charge in [-0.3, -0.25) is 0 Å². The third-order valence-electron chi connectivity index (χ3n) is 7.18. The zero-order chi connectivity index (χ0) is 47.4. The van der Waals surface area contributed by atoms with Crippen LogP contribution in [0.3, 0.4) is 0 Å². The predicted molar refractivity (Wildman–Crippen MR) is 160 cm³/mol. The fourth-order valence-electron chi connectivity index (χ4n) is 5.65. The Bertz CT molecular complexity index is 2540. The van der Waals surface area contributed by atoms with E-state index < -0.39 is 93.3 Å². The molecule has 5 aromatic rings. The second-order valence-electron chi connectivity index (χ2n) is 9.49. The average Bonchev–Trinajstić information content (AvgIpc) is 3.62. The van der Waals surface area contributed by atoms with Crippen LogP contribution in [0.15, 0.2) is 65.2 Å². The molecular weight excluding hydrogens is 462 g/mol. The summed E-state index contributed by atoms with van der Waals surface area (Å²) in [5, 5.41) is 0.511. The molecule has 0 bridgehead atoms. The SMILES string of the molecule is [2H]C([2H])([2H])c1cc(-c2c(C)ccc3c2oc2c4c(ccc23)C(C([2H])([2H])C([2H])(C([2H])([2H])[2H])C([2H])([2H])[2H])(C([2H])([2H])C([2H])(C([2H])([2H])[2H])C([2H])([2H])[2H])c2ccccc2-4)[n+](C)cc1C([2H])([2H])[2H]. The first-order valence-electron chi connectivity index (χ1n) is 23.9. The Morgan fingerprint density at radius 2 is 1.53 bits per heavy atom. The molecule has 2 heterocycles. The summed E-state index contributed by atoms with van der Waals surface area (Å²) in [5.41, 5.74) is -5.79. The van der Waals surface area contributed by atoms with Crippen molar-refractivity contribution in [3.8, 4) is 22.4 Å². The number of fused-ring (bicyclic) bond motifs is 7. The van der Waals surface area contributed by atoms with Crippen LogP contribution >= 0.6 is 0 Å². The van der Waals surface area contributed by atoms with Gasteiger partial charge in [-0.1, -0.05) is 75.9 Å². The predicted octanol–water partition coefficient (Wildman–Crippen LogP) is 9.36. The van der Waals surface area contributed by atoms with Crippen molar-refractivity contribution in [2.45, 2.75) is 66.2 Å². The van der Waals surface area contributed by atoms with Crippen molar-refractivity contribution >= 4 is 21.9 Å². The Kier molecular flexibility index (Phi) is 2.25. The van der Waals surface area contributed by atoms with E-state index in [1.54, 1.807) is 19.1 Å². The van der Waals surface area contributed by atoms with Crippen molar-refractivity contribution in [3.63, 3.8) is 0 Å². The molecule has 0 N–H and O–H groups in total. The summed E-state index contributed by atoms with van der Waals surface area (Å²) in [4.78, 5) is 0. The van der Waals surface area contributed by atoms with E-state index in [9.17, 15) is 8.22 Å². The monoisotopic (exact) mass is 526 g/mol. The lowest BCUT2D eigenvalue weighted by Gasteiger charge is -2.35. The smallest absolute Gasteiger partial charge is 0.216 e. The molecule has 1 aliphatic carbocycles. The van der Waals surface area contributed by atoms with Gasteiger partial charge in [0.1, 0.15) is 18.2 Å². The molecule has 0 unspecified atom stereocenters. The minimum absolute atomic E-state index is 0.0303. The lowest BCUT2D eigenvalue weighted by Crippen LogP contribution is -2.31. The molecule has 2 aromatic heterocycles. The van der Waals surface area contributed by atoms with E-state index in [4.69, 9.17) is 29.1 Å². The maximum absolute atomic E-state index is 9.74. The molecule has 0 saturated heterocycles. The zero-order valence-corrected chi connectivity index (χ0v) is 20.6. The minimum Gasteiger partial charge on any atom is -0.454 e. The molecule has 38 heavy (non-hydrogen) atoms. The van der Waals surface area contributed by atoms with E-state index in [0.717, 1.165) is 18.3 Å². The molecular formula is C36H40NO+. The third kappa shape index (κ3) is 3.56. The molecule has 0 amide bonds. The second-order valence-corrected chi connectivity index (χ2v) is 9.49. The lowest BCUT2D eigenvalue weighted by atomic mass is 9.68. The Labute approximate surface area is 261 Å². The van der Waals surface area contributed by atoms with Gasteiger partial charge in [0, 0.05) is 66.3 Å². The summed E-state index contributed by atoms with van der Waals surface area (Å²) in [7, 11) is 1.48. The summed E-state index contributed by atoms with van der Waals surface area (Å²) in [6.07, 6.45) is -7.55. The first-order valence-corrected chi connectivity index (χ1v) is 11.9. The van der Waals surface area contributed by atoms with Gasteiger partial charge in [-0.2, -0.15) is 0 Å². The van der Waals surface area contributed by atoms with Crippen molar-refractivity contribution in [3.05, 3.63) is 88.6 Å². The van der Waals surface area contributed by atoms with E-state index in [1.807, 2.05) is 0 Å². The fourth-order valence-corrected chi connectivity index (χ4v) is 5.65. The molecule has 1 aliphatic rings. The van der Waals surface area contributed by atoms with Crippen LogP contribution in [0, 0.1) is 32.4 Å². The number of furan rings is 1. The number of rotatable bonds is 5. The molecule has 0 atom stereocenters. The molecule has 194 valence electrons. The Morgan fingerprint density at radius 1 is 0.842 bits per heavy atom. The fraction of sp³-hybridized carbons (Fsp3) is 0.361. The van der Waals surface area contributed by atoms with Crippen LogP contribution in [-0.4, -0.2) is 0 Å². The highest BCUT2D eigenvalue weighted by Crippen LogP contribution is 2.57. The number of hydrogen-bond acceptors (Lipinski definition) is 1. The van der Waals surface area contributed by atoms with Gasteiger partial charge in [0.2, 0.25) is 5.69 Å². The van der Waals surface area contributed by atoms with Crippen molar-refractivity contribution in [2.75, 3.05) is 0 Å². The molecule has 6 rings (SSSR count). The molecule has 0 radical (unpaired) electrons. The van der Waals surface area contributed by atoms with E-state index >= 15 is 0 Å². The maximum Gasteiger partial charge on any atom is 0.216 e. The minimum atomic E-state index is -4.36. The highest BCUT2D eigenvalue weighted by Gasteiger charge is 2.45. The molecule has 0 spiro atoms. The quantitative estimate of drug-likeness (QED) is 0.208. The van der Waals surface area contributed by atoms with Gasteiger partial charge in [-0.05, 0) is 73.0 Å². The van der Waals surface area contributed by atoms with E-state index in [1.165, 1.54) is 41.9 Å². The number of pyridine rings is 1. The Hall–Kier alpha value is -3.39. The van der Waals surface area contributed by atoms with Crippen LogP contribution in [0.5, 0.6) is 0 Å². The van der Waals surface area contributed by atoms with Crippen molar-refractivity contribution in [2.24, 2.45) is 18.8 Å². The average molecular weight is 527 g/mol. The van der Waals surface area contributed by atoms with E-state index in [0.29, 0.717) is 10.9 Å². The Balaban J connectivity index is 1.88. The highest BCUT2D eigenvalue weighted by atomic mass is 16.3. The lowest BCUT2D eigenvalue weighted by molar-refractivity contribution is -0.660. The van der Waals surface area contributed by atoms with Gasteiger partial charge in [0.25, 0.3) is 0 Å². The number of aromatic nitrogens is 1. The van der Waals surface area contributed by atoms with Crippen LogP contribution in [0.1, 0.15) is 101 Å². The van der Waals surface area contributed by atoms with Crippen LogP contribution in [0.4, 0.5) is 0 Å². The third-order valence-corrected chi connectivity index (χ3v) is 7.18. The van der Waals surface area contributed by atoms with E-state index in [2.05, 4.69) is 0 Å². The molecule has 0 saturated carbocycles. The van der Waals surface area contributed by atoms with Crippen molar-refractivity contribution in [1.29, 1.82) is 0 Å². The molecule has 0 fully saturated rings.